The van der Waals surface area contributed by atoms with E-state index in [2.05, 4.69) is 26.5 Å². The lowest BCUT2D eigenvalue weighted by atomic mass is 10.2. The van der Waals surface area contributed by atoms with E-state index in [9.17, 15) is 9.59 Å². The van der Waals surface area contributed by atoms with E-state index in [1.165, 1.54) is 12.3 Å². The Kier molecular flexibility index (Phi) is 8.09. The first-order chi connectivity index (χ1) is 14.4. The van der Waals surface area contributed by atoms with Crippen molar-refractivity contribution in [2.75, 3.05) is 32.9 Å². The fourth-order valence-electron chi connectivity index (χ4n) is 2.63. The second kappa shape index (κ2) is 10.8. The molecule has 1 fully saturated rings. The maximum absolute atomic E-state index is 12.2. The number of halogens is 3. The first-order valence-corrected chi connectivity index (χ1v) is 10.6. The van der Waals surface area contributed by atoms with Gasteiger partial charge in [-0.05, 0) is 57.9 Å². The molecular formula is C20H18BrCl2N3O4. The van der Waals surface area contributed by atoms with Gasteiger partial charge < -0.3 is 14.4 Å². The number of ether oxygens (including phenoxy) is 2. The zero-order chi connectivity index (χ0) is 21.5. The van der Waals surface area contributed by atoms with E-state index >= 15 is 0 Å². The van der Waals surface area contributed by atoms with Gasteiger partial charge in [0.15, 0.2) is 6.61 Å². The van der Waals surface area contributed by atoms with E-state index in [-0.39, 0.29) is 12.5 Å². The molecule has 0 saturated carbocycles. The minimum Gasteiger partial charge on any atom is -0.483 e. The van der Waals surface area contributed by atoms with Gasteiger partial charge in [-0.2, -0.15) is 5.10 Å². The lowest BCUT2D eigenvalue weighted by Gasteiger charge is -2.26. The Hall–Kier alpha value is -2.13. The number of carbonyl (C=O) groups is 2. The van der Waals surface area contributed by atoms with Crippen molar-refractivity contribution >= 4 is 57.2 Å². The van der Waals surface area contributed by atoms with Crippen molar-refractivity contribution < 1.29 is 19.1 Å². The average molecular weight is 515 g/mol. The molecule has 0 aliphatic carbocycles. The molecular weight excluding hydrogens is 497 g/mol. The van der Waals surface area contributed by atoms with Crippen LogP contribution in [0.5, 0.6) is 5.75 Å². The Morgan fingerprint density at radius 2 is 1.93 bits per heavy atom. The number of carbonyl (C=O) groups excluding carboxylic acids is 2. The SMILES string of the molecule is O=C(N/N=C\c1ccc(OCC(=O)N2CCOCC2)c(Br)c1)c1ccc(Cl)c(Cl)c1. The molecule has 0 aromatic heterocycles. The molecule has 1 N–H and O–H groups in total. The summed E-state index contributed by atoms with van der Waals surface area (Å²) in [6, 6.07) is 9.81. The first kappa shape index (κ1) is 22.6. The summed E-state index contributed by atoms with van der Waals surface area (Å²) in [5.74, 6) is 0.0416. The van der Waals surface area contributed by atoms with Gasteiger partial charge in [-0.15, -0.1) is 0 Å². The molecule has 1 heterocycles. The van der Waals surface area contributed by atoms with Crippen molar-refractivity contribution in [3.8, 4) is 5.75 Å². The highest BCUT2D eigenvalue weighted by molar-refractivity contribution is 9.10. The zero-order valence-corrected chi connectivity index (χ0v) is 18.8. The fraction of sp³-hybridized carbons (Fsp3) is 0.250. The molecule has 1 aliphatic rings. The molecule has 2 amide bonds. The van der Waals surface area contributed by atoms with Crippen LogP contribution >= 0.6 is 39.1 Å². The normalized spacial score (nSPS) is 14.0. The molecule has 0 atom stereocenters. The van der Waals surface area contributed by atoms with Gasteiger partial charge in [0.1, 0.15) is 5.75 Å². The minimum atomic E-state index is -0.412. The largest absolute Gasteiger partial charge is 0.483 e. The number of morpholine rings is 1. The second-order valence-electron chi connectivity index (χ2n) is 6.30. The topological polar surface area (TPSA) is 80.2 Å². The Balaban J connectivity index is 1.53. The summed E-state index contributed by atoms with van der Waals surface area (Å²) in [6.45, 7) is 2.20. The highest BCUT2D eigenvalue weighted by Crippen LogP contribution is 2.26. The van der Waals surface area contributed by atoms with E-state index < -0.39 is 5.91 Å². The van der Waals surface area contributed by atoms with E-state index in [0.717, 1.165) is 5.56 Å². The summed E-state index contributed by atoms with van der Waals surface area (Å²) >= 11 is 15.2. The summed E-state index contributed by atoms with van der Waals surface area (Å²) in [6.07, 6.45) is 1.49. The van der Waals surface area contributed by atoms with Crippen LogP contribution in [0.15, 0.2) is 46.0 Å². The maximum Gasteiger partial charge on any atom is 0.271 e. The third kappa shape index (κ3) is 6.18. The second-order valence-corrected chi connectivity index (χ2v) is 7.97. The minimum absolute atomic E-state index is 0.0499. The van der Waals surface area contributed by atoms with Crippen LogP contribution in [0.2, 0.25) is 10.0 Å². The molecule has 1 aliphatic heterocycles. The number of benzene rings is 2. The standard InChI is InChI=1S/C20H18BrCl2N3O4/c21-15-9-13(11-24-25-20(28)14-2-3-16(22)17(23)10-14)1-4-18(15)30-12-19(27)26-5-7-29-8-6-26/h1-4,9-11H,5-8,12H2,(H,25,28)/b24-11-. The van der Waals surface area contributed by atoms with Crippen LogP contribution in [0.3, 0.4) is 0 Å². The molecule has 3 rings (SSSR count). The fourth-order valence-corrected chi connectivity index (χ4v) is 3.43. The summed E-state index contributed by atoms with van der Waals surface area (Å²) < 4.78 is 11.5. The van der Waals surface area contributed by atoms with Gasteiger partial charge in [0.2, 0.25) is 0 Å². The van der Waals surface area contributed by atoms with Crippen molar-refractivity contribution in [2.24, 2.45) is 5.10 Å². The van der Waals surface area contributed by atoms with Gasteiger partial charge in [-0.1, -0.05) is 23.2 Å². The smallest absolute Gasteiger partial charge is 0.271 e. The third-order valence-electron chi connectivity index (χ3n) is 4.23. The van der Waals surface area contributed by atoms with Gasteiger partial charge in [0, 0.05) is 18.7 Å². The predicted octanol–water partition coefficient (Wildman–Crippen LogP) is 3.76. The third-order valence-corrected chi connectivity index (χ3v) is 5.59. The maximum atomic E-state index is 12.2. The number of hydrogen-bond acceptors (Lipinski definition) is 5. The number of nitrogens with zero attached hydrogens (tertiary/aromatic N) is 2. The lowest BCUT2D eigenvalue weighted by molar-refractivity contribution is -0.137. The molecule has 0 spiro atoms. The summed E-state index contributed by atoms with van der Waals surface area (Å²) in [5.41, 5.74) is 3.50. The molecule has 7 nitrogen and oxygen atoms in total. The van der Waals surface area contributed by atoms with Gasteiger partial charge in [-0.3, -0.25) is 9.59 Å². The highest BCUT2D eigenvalue weighted by Gasteiger charge is 2.17. The van der Waals surface area contributed by atoms with Gasteiger partial charge in [0.05, 0.1) is 33.9 Å². The Morgan fingerprint density at radius 3 is 2.63 bits per heavy atom. The Morgan fingerprint density at radius 1 is 1.17 bits per heavy atom. The predicted molar refractivity (Wildman–Crippen MR) is 119 cm³/mol. The van der Waals surface area contributed by atoms with Crippen molar-refractivity contribution in [1.82, 2.24) is 10.3 Å². The number of rotatable bonds is 6. The number of hydrogen-bond donors (Lipinski definition) is 1. The van der Waals surface area contributed by atoms with Crippen LogP contribution in [0.1, 0.15) is 15.9 Å². The van der Waals surface area contributed by atoms with E-state index in [0.29, 0.717) is 52.1 Å². The number of hydrazone groups is 1. The molecule has 1 saturated heterocycles. The average Bonchev–Trinajstić information content (AvgIpc) is 2.75. The van der Waals surface area contributed by atoms with Crippen molar-refractivity contribution in [3.63, 3.8) is 0 Å². The Bertz CT molecular complexity index is 965. The van der Waals surface area contributed by atoms with Crippen LogP contribution in [0, 0.1) is 0 Å². The van der Waals surface area contributed by atoms with E-state index in [1.54, 1.807) is 35.2 Å². The number of nitrogens with one attached hydrogen (secondary N) is 1. The molecule has 0 unspecified atom stereocenters. The summed E-state index contributed by atoms with van der Waals surface area (Å²) in [7, 11) is 0. The van der Waals surface area contributed by atoms with E-state index in [4.69, 9.17) is 32.7 Å². The molecule has 158 valence electrons. The summed E-state index contributed by atoms with van der Waals surface area (Å²) in [4.78, 5) is 26.0. The van der Waals surface area contributed by atoms with Crippen molar-refractivity contribution in [3.05, 3.63) is 62.0 Å². The lowest BCUT2D eigenvalue weighted by Crippen LogP contribution is -2.43. The van der Waals surface area contributed by atoms with Crippen LogP contribution in [0.4, 0.5) is 0 Å². The quantitative estimate of drug-likeness (QED) is 0.470. The molecule has 0 bridgehead atoms. The van der Waals surface area contributed by atoms with Crippen LogP contribution in [0.25, 0.3) is 0 Å². The zero-order valence-electron chi connectivity index (χ0n) is 15.7. The van der Waals surface area contributed by atoms with Crippen molar-refractivity contribution in [2.45, 2.75) is 0 Å². The van der Waals surface area contributed by atoms with Crippen molar-refractivity contribution in [1.29, 1.82) is 0 Å². The van der Waals surface area contributed by atoms with Crippen LogP contribution in [-0.4, -0.2) is 55.8 Å². The number of amides is 2. The van der Waals surface area contributed by atoms with E-state index in [1.807, 2.05) is 0 Å². The van der Waals surface area contributed by atoms with Crippen LogP contribution < -0.4 is 10.2 Å². The first-order valence-electron chi connectivity index (χ1n) is 9.00. The Labute approximate surface area is 192 Å². The molecule has 2 aromatic rings. The van der Waals surface area contributed by atoms with Gasteiger partial charge >= 0.3 is 0 Å². The van der Waals surface area contributed by atoms with Gasteiger partial charge in [0.25, 0.3) is 11.8 Å². The molecule has 10 heteroatoms. The van der Waals surface area contributed by atoms with Crippen LogP contribution in [-0.2, 0) is 9.53 Å². The summed E-state index contributed by atoms with van der Waals surface area (Å²) in [5, 5.41) is 4.60. The molecule has 2 aromatic carbocycles. The van der Waals surface area contributed by atoms with Gasteiger partial charge in [-0.25, -0.2) is 5.43 Å². The highest BCUT2D eigenvalue weighted by atomic mass is 79.9. The molecule has 0 radical (unpaired) electrons. The molecule has 30 heavy (non-hydrogen) atoms. The monoisotopic (exact) mass is 513 g/mol.